The van der Waals surface area contributed by atoms with Gasteiger partial charge in [-0.15, -0.1) is 0 Å². The van der Waals surface area contributed by atoms with Crippen molar-refractivity contribution >= 4 is 79.3 Å². The summed E-state index contributed by atoms with van der Waals surface area (Å²) < 4.78 is 17.2. The molecule has 7 heterocycles. The molecule has 0 unspecified atom stereocenters. The van der Waals surface area contributed by atoms with E-state index in [9.17, 15) is 0 Å². The van der Waals surface area contributed by atoms with Crippen LogP contribution in [0.1, 0.15) is 27.7 Å². The molecule has 0 saturated carbocycles. The molecule has 1 aliphatic rings. The summed E-state index contributed by atoms with van der Waals surface area (Å²) in [5.74, 6) is 3.08. The zero-order chi connectivity index (χ0) is 70.3. The van der Waals surface area contributed by atoms with E-state index in [0.29, 0.717) is 29.1 Å². The average Bonchev–Trinajstić information content (AvgIpc) is 1.72. The maximum atomic E-state index is 6.32. The van der Waals surface area contributed by atoms with Gasteiger partial charge in [0.15, 0.2) is 29.1 Å². The van der Waals surface area contributed by atoms with Gasteiger partial charge in [0.1, 0.15) is 11.3 Å². The summed E-state index contributed by atoms with van der Waals surface area (Å²) in [6.07, 6.45) is 0. The van der Waals surface area contributed by atoms with Crippen molar-refractivity contribution in [1.82, 2.24) is 48.7 Å². The molecule has 12 nitrogen and oxygen atoms in total. The van der Waals surface area contributed by atoms with Crippen LogP contribution in [-0.4, -0.2) is 67.0 Å². The van der Waals surface area contributed by atoms with E-state index < -0.39 is 7.12 Å². The molecular weight excluding hydrogens is 1300 g/mol. The van der Waals surface area contributed by atoms with Crippen molar-refractivity contribution in [2.45, 2.75) is 38.9 Å². The van der Waals surface area contributed by atoms with Gasteiger partial charge in [-0.25, -0.2) is 29.9 Å². The highest BCUT2D eigenvalue weighted by Gasteiger charge is 2.51. The lowest BCUT2D eigenvalue weighted by Gasteiger charge is -2.32. The molecule has 19 rings (SSSR count). The SMILES string of the molecule is CC1(C)OB(c2ccc(-c3c(-c4ccccc4)c4ccccc4n4c3nc3ccccc34)cc2)OC1(C)C.Clc1nc(-c2ccccc2)nc(-c2ccccc2)n1.c1ccc(-c2nc(-c3ccccc3)nc(-c3ccc(-c4c(-c5ccccc5)c5ccccc5n5c4nc4ccccc45)cc3)n2)cc1. The van der Waals surface area contributed by atoms with Crippen LogP contribution in [0.3, 0.4) is 0 Å². The van der Waals surface area contributed by atoms with Crippen LogP contribution in [0.5, 0.6) is 0 Å². The second-order valence-corrected chi connectivity index (χ2v) is 26.9. The molecule has 1 fully saturated rings. The number of aromatic nitrogens is 10. The lowest BCUT2D eigenvalue weighted by atomic mass is 9.78. The van der Waals surface area contributed by atoms with Gasteiger partial charge in [-0.2, -0.15) is 9.97 Å². The minimum absolute atomic E-state index is 0.202. The van der Waals surface area contributed by atoms with Crippen molar-refractivity contribution in [1.29, 1.82) is 0 Å². The maximum Gasteiger partial charge on any atom is 0.494 e. The van der Waals surface area contributed by atoms with Crippen LogP contribution in [0, 0.1) is 0 Å². The van der Waals surface area contributed by atoms with Gasteiger partial charge in [-0.3, -0.25) is 8.80 Å². The smallest absolute Gasteiger partial charge is 0.399 e. The Labute approximate surface area is 606 Å². The molecule has 0 amide bonds. The molecule has 0 atom stereocenters. The first kappa shape index (κ1) is 64.7. The third-order valence-corrected chi connectivity index (χ3v) is 19.7. The van der Waals surface area contributed by atoms with E-state index in [4.69, 9.17) is 45.8 Å². The van der Waals surface area contributed by atoms with E-state index >= 15 is 0 Å². The van der Waals surface area contributed by atoms with Gasteiger partial charge in [-0.1, -0.05) is 291 Å². The number of fused-ring (bicyclic) bond motifs is 10. The van der Waals surface area contributed by atoms with Gasteiger partial charge in [0, 0.05) is 60.8 Å². The van der Waals surface area contributed by atoms with Gasteiger partial charge >= 0.3 is 7.12 Å². The fourth-order valence-corrected chi connectivity index (χ4v) is 13.9. The van der Waals surface area contributed by atoms with Crippen LogP contribution < -0.4 is 5.46 Å². The van der Waals surface area contributed by atoms with Crippen LogP contribution in [0.2, 0.25) is 5.28 Å². The summed E-state index contributed by atoms with van der Waals surface area (Å²) in [4.78, 5) is 38.0. The molecular formula is C90H66BClN10O2. The molecule has 14 heteroatoms. The van der Waals surface area contributed by atoms with E-state index in [2.05, 4.69) is 246 Å². The number of para-hydroxylation sites is 6. The first-order valence-corrected chi connectivity index (χ1v) is 35.1. The predicted octanol–water partition coefficient (Wildman–Crippen LogP) is 21.3. The molecule has 0 bridgehead atoms. The number of hydrogen-bond acceptors (Lipinski definition) is 10. The topological polar surface area (TPSA) is 130 Å². The summed E-state index contributed by atoms with van der Waals surface area (Å²) in [6, 6.07) is 112. The second-order valence-electron chi connectivity index (χ2n) is 26.6. The van der Waals surface area contributed by atoms with Gasteiger partial charge < -0.3 is 9.31 Å². The quantitative estimate of drug-likeness (QED) is 0.122. The maximum absolute atomic E-state index is 6.32. The standard InChI is InChI=1S/C42H27N5.C33H29BN2O2.C15H10ClN3/c1-4-14-28(15-5-1)37-33-20-10-12-22-35(33)47-36-23-13-11-21-34(36)43-42(47)38(37)29-24-26-32(27-25-29)41-45-39(30-16-6-2-7-17-30)44-40(46-41)31-18-8-3-9-19-31;1-32(2)33(3,4)38-34(37-32)24-20-18-23(19-21-24)30-29(22-12-6-5-7-13-22)25-14-8-10-16-27(25)36-28-17-11-9-15-26(28)35-31(30)36;16-15-18-13(11-7-3-1-4-8-11)17-14(19-15)12-9-5-2-6-10-12/h1-27H;5-21H,1-4H3;1-10H. The fourth-order valence-electron chi connectivity index (χ4n) is 13.8. The van der Waals surface area contributed by atoms with E-state index in [1.54, 1.807) is 0 Å². The summed E-state index contributed by atoms with van der Waals surface area (Å²) in [5.41, 5.74) is 22.2. The third kappa shape index (κ3) is 12.3. The van der Waals surface area contributed by atoms with E-state index in [1.807, 2.05) is 133 Å². The Morgan fingerprint density at radius 3 is 0.875 bits per heavy atom. The Hall–Kier alpha value is -12.6. The molecule has 0 aliphatic carbocycles. The van der Waals surface area contributed by atoms with Crippen LogP contribution >= 0.6 is 11.6 Å². The number of halogens is 1. The minimum Gasteiger partial charge on any atom is -0.399 e. The molecule has 498 valence electrons. The fraction of sp³-hybridized carbons (Fsp3) is 0.0667. The first-order chi connectivity index (χ1) is 51.0. The van der Waals surface area contributed by atoms with Gasteiger partial charge in [0.05, 0.1) is 44.3 Å². The summed E-state index contributed by atoms with van der Waals surface area (Å²) >= 11 is 5.99. The summed E-state index contributed by atoms with van der Waals surface area (Å²) in [6.45, 7) is 8.34. The van der Waals surface area contributed by atoms with Crippen molar-refractivity contribution in [2.75, 3.05) is 0 Å². The monoisotopic (exact) mass is 1360 g/mol. The normalized spacial score (nSPS) is 13.1. The summed E-state index contributed by atoms with van der Waals surface area (Å²) in [7, 11) is -0.395. The molecule has 0 radical (unpaired) electrons. The van der Waals surface area contributed by atoms with Crippen molar-refractivity contribution in [3.63, 3.8) is 0 Å². The van der Waals surface area contributed by atoms with E-state index in [-0.39, 0.29) is 16.5 Å². The molecule has 0 N–H and O–H groups in total. The number of imidazole rings is 2. The Morgan fingerprint density at radius 1 is 0.260 bits per heavy atom. The number of nitrogens with zero attached hydrogens (tertiary/aromatic N) is 10. The second kappa shape index (κ2) is 27.4. The number of rotatable bonds is 10. The lowest BCUT2D eigenvalue weighted by molar-refractivity contribution is 0.00578. The molecule has 12 aromatic carbocycles. The zero-order valence-electron chi connectivity index (χ0n) is 57.4. The van der Waals surface area contributed by atoms with Crippen LogP contribution in [-0.2, 0) is 9.31 Å². The van der Waals surface area contributed by atoms with E-state index in [1.165, 1.54) is 21.9 Å². The van der Waals surface area contributed by atoms with Gasteiger partial charge in [-0.05, 0) is 103 Å². The largest absolute Gasteiger partial charge is 0.494 e. The lowest BCUT2D eigenvalue weighted by Crippen LogP contribution is -2.41. The highest BCUT2D eigenvalue weighted by Crippen LogP contribution is 2.45. The van der Waals surface area contributed by atoms with Crippen molar-refractivity contribution < 1.29 is 9.31 Å². The first-order valence-electron chi connectivity index (χ1n) is 34.7. The predicted molar refractivity (Wildman–Crippen MR) is 423 cm³/mol. The Morgan fingerprint density at radius 2 is 0.519 bits per heavy atom. The van der Waals surface area contributed by atoms with Crippen LogP contribution in [0.15, 0.2) is 328 Å². The van der Waals surface area contributed by atoms with E-state index in [0.717, 1.165) is 111 Å². The summed E-state index contributed by atoms with van der Waals surface area (Å²) in [5, 5.41) is 2.57. The zero-order valence-corrected chi connectivity index (χ0v) is 58.2. The van der Waals surface area contributed by atoms with Gasteiger partial charge in [0.25, 0.3) is 0 Å². The third-order valence-electron chi connectivity index (χ3n) is 19.6. The highest BCUT2D eigenvalue weighted by molar-refractivity contribution is 6.62. The molecule has 6 aromatic heterocycles. The molecule has 18 aromatic rings. The van der Waals surface area contributed by atoms with Crippen LogP contribution in [0.25, 0.3) is 157 Å². The van der Waals surface area contributed by atoms with Crippen molar-refractivity contribution in [2.24, 2.45) is 0 Å². The highest BCUT2D eigenvalue weighted by atomic mass is 35.5. The molecule has 1 aliphatic heterocycles. The average molecular weight is 1370 g/mol. The molecule has 1 saturated heterocycles. The molecule has 0 spiro atoms. The van der Waals surface area contributed by atoms with Gasteiger partial charge in [0.2, 0.25) is 5.28 Å². The Balaban J connectivity index is 0.000000125. The number of hydrogen-bond donors (Lipinski definition) is 0. The van der Waals surface area contributed by atoms with Crippen molar-refractivity contribution in [3.8, 4) is 101 Å². The Bertz CT molecular complexity index is 6040. The molecule has 104 heavy (non-hydrogen) atoms. The number of pyridine rings is 2. The van der Waals surface area contributed by atoms with Crippen LogP contribution in [0.4, 0.5) is 0 Å². The number of benzene rings is 12. The minimum atomic E-state index is -0.395. The van der Waals surface area contributed by atoms with Crippen molar-refractivity contribution in [3.05, 3.63) is 333 Å². The Kier molecular flexibility index (Phi) is 17.0.